The maximum Gasteiger partial charge on any atom is 0.305 e. The molecule has 2 heteroatoms. The number of ether oxygens (including phenoxy) is 1. The maximum atomic E-state index is 11.1. The zero-order chi connectivity index (χ0) is 14.9. The highest BCUT2D eigenvalue weighted by Gasteiger charge is 2.00. The van der Waals surface area contributed by atoms with Gasteiger partial charge in [0, 0.05) is 6.42 Å². The number of hydrogen-bond acceptors (Lipinski definition) is 2. The molecule has 0 radical (unpaired) electrons. The van der Waals surface area contributed by atoms with Crippen LogP contribution in [0.15, 0.2) is 24.3 Å². The lowest BCUT2D eigenvalue weighted by Crippen LogP contribution is -2.03. The molecule has 0 aromatic carbocycles. The van der Waals surface area contributed by atoms with Gasteiger partial charge in [-0.15, -0.1) is 0 Å². The maximum absolute atomic E-state index is 11.1. The Balaban J connectivity index is 3.20. The number of carbonyl (C=O) groups is 1. The molecule has 0 aliphatic carbocycles. The second-order valence-corrected chi connectivity index (χ2v) is 5.08. The average molecular weight is 280 g/mol. The Kier molecular flexibility index (Phi) is 15.2. The van der Waals surface area contributed by atoms with Crippen LogP contribution in [0.3, 0.4) is 0 Å². The summed E-state index contributed by atoms with van der Waals surface area (Å²) in [5.74, 6) is -0.0495. The van der Waals surface area contributed by atoms with Crippen molar-refractivity contribution in [2.24, 2.45) is 0 Å². The molecule has 0 saturated heterocycles. The summed E-state index contributed by atoms with van der Waals surface area (Å²) >= 11 is 0. The molecule has 0 heterocycles. The van der Waals surface area contributed by atoms with Crippen LogP contribution in [0.25, 0.3) is 0 Å². The summed E-state index contributed by atoms with van der Waals surface area (Å²) in [5, 5.41) is 0. The Morgan fingerprint density at radius 1 is 0.850 bits per heavy atom. The molecule has 0 fully saturated rings. The van der Waals surface area contributed by atoms with Crippen LogP contribution in [0.5, 0.6) is 0 Å². The van der Waals surface area contributed by atoms with Gasteiger partial charge in [-0.1, -0.05) is 56.9 Å². The zero-order valence-electron chi connectivity index (χ0n) is 13.4. The molecule has 0 aliphatic heterocycles. The largest absolute Gasteiger partial charge is 0.466 e. The number of allylic oxidation sites excluding steroid dienone is 4. The van der Waals surface area contributed by atoms with E-state index in [2.05, 4.69) is 31.2 Å². The van der Waals surface area contributed by atoms with E-state index in [0.717, 1.165) is 19.3 Å². The minimum Gasteiger partial charge on any atom is -0.466 e. The summed E-state index contributed by atoms with van der Waals surface area (Å²) < 4.78 is 4.90. The van der Waals surface area contributed by atoms with Crippen LogP contribution >= 0.6 is 0 Å². The van der Waals surface area contributed by atoms with Gasteiger partial charge >= 0.3 is 5.97 Å². The van der Waals surface area contributed by atoms with E-state index in [0.29, 0.717) is 13.0 Å². The van der Waals surface area contributed by atoms with Crippen molar-refractivity contribution in [3.05, 3.63) is 24.3 Å². The second-order valence-electron chi connectivity index (χ2n) is 5.08. The van der Waals surface area contributed by atoms with E-state index in [-0.39, 0.29) is 5.97 Å². The summed E-state index contributed by atoms with van der Waals surface area (Å²) in [7, 11) is 0. The monoisotopic (exact) mass is 280 g/mol. The molecule has 116 valence electrons. The highest BCUT2D eigenvalue weighted by Crippen LogP contribution is 2.08. The molecule has 0 amide bonds. The fourth-order valence-corrected chi connectivity index (χ4v) is 1.97. The first kappa shape index (κ1) is 18.9. The van der Waals surface area contributed by atoms with Crippen LogP contribution < -0.4 is 0 Å². The van der Waals surface area contributed by atoms with Gasteiger partial charge < -0.3 is 4.74 Å². The molecule has 0 unspecified atom stereocenters. The van der Waals surface area contributed by atoms with Crippen LogP contribution in [0.4, 0.5) is 0 Å². The normalized spacial score (nSPS) is 11.5. The third-order valence-corrected chi connectivity index (χ3v) is 3.12. The lowest BCUT2D eigenvalue weighted by atomic mass is 10.1. The predicted molar refractivity (Wildman–Crippen MR) is 86.8 cm³/mol. The van der Waals surface area contributed by atoms with E-state index in [1.165, 1.54) is 38.5 Å². The van der Waals surface area contributed by atoms with Crippen LogP contribution in [0.1, 0.15) is 78.1 Å². The van der Waals surface area contributed by atoms with Gasteiger partial charge in [-0.25, -0.2) is 0 Å². The van der Waals surface area contributed by atoms with Crippen molar-refractivity contribution in [2.75, 3.05) is 6.61 Å². The third kappa shape index (κ3) is 15.0. The molecule has 0 aliphatic rings. The van der Waals surface area contributed by atoms with E-state index in [1.807, 2.05) is 6.92 Å². The molecular weight excluding hydrogens is 248 g/mol. The Bertz CT molecular complexity index is 267. The number of carbonyl (C=O) groups excluding carboxylic acids is 1. The first-order valence-corrected chi connectivity index (χ1v) is 8.26. The average Bonchev–Trinajstić information content (AvgIpc) is 2.44. The lowest BCUT2D eigenvalue weighted by molar-refractivity contribution is -0.143. The van der Waals surface area contributed by atoms with E-state index < -0.39 is 0 Å². The van der Waals surface area contributed by atoms with Crippen molar-refractivity contribution in [1.29, 1.82) is 0 Å². The molecule has 20 heavy (non-hydrogen) atoms. The smallest absolute Gasteiger partial charge is 0.305 e. The van der Waals surface area contributed by atoms with Crippen LogP contribution in [-0.4, -0.2) is 12.6 Å². The van der Waals surface area contributed by atoms with Gasteiger partial charge in [0.25, 0.3) is 0 Å². The predicted octanol–water partition coefficient (Wildman–Crippen LogP) is 5.58. The molecule has 0 atom stereocenters. The standard InChI is InChI=1S/C18H32O2/c1-3-5-6-7-8-9-10-11-12-13-14-15-16-17-18(19)20-4-2/h6-7,9-10H,3-5,8,11-17H2,1-2H3/b7-6-,10-9-. The lowest BCUT2D eigenvalue weighted by Gasteiger charge is -2.01. The Morgan fingerprint density at radius 2 is 1.50 bits per heavy atom. The number of hydrogen-bond donors (Lipinski definition) is 0. The number of rotatable bonds is 13. The Labute approximate surface area is 125 Å². The van der Waals surface area contributed by atoms with Gasteiger partial charge in [-0.2, -0.15) is 0 Å². The van der Waals surface area contributed by atoms with Crippen molar-refractivity contribution in [1.82, 2.24) is 0 Å². The van der Waals surface area contributed by atoms with Crippen LogP contribution in [0.2, 0.25) is 0 Å². The van der Waals surface area contributed by atoms with E-state index in [4.69, 9.17) is 4.74 Å². The number of unbranched alkanes of at least 4 members (excludes halogenated alkanes) is 6. The van der Waals surface area contributed by atoms with Gasteiger partial charge in [0.2, 0.25) is 0 Å². The molecule has 0 aromatic heterocycles. The molecule has 0 rings (SSSR count). The van der Waals surface area contributed by atoms with Gasteiger partial charge in [0.15, 0.2) is 0 Å². The van der Waals surface area contributed by atoms with E-state index >= 15 is 0 Å². The molecule has 0 bridgehead atoms. The number of esters is 1. The van der Waals surface area contributed by atoms with Crippen molar-refractivity contribution in [3.8, 4) is 0 Å². The summed E-state index contributed by atoms with van der Waals surface area (Å²) in [5.41, 5.74) is 0. The topological polar surface area (TPSA) is 26.3 Å². The molecular formula is C18H32O2. The third-order valence-electron chi connectivity index (χ3n) is 3.12. The van der Waals surface area contributed by atoms with Crippen LogP contribution in [-0.2, 0) is 9.53 Å². The van der Waals surface area contributed by atoms with Gasteiger partial charge in [0.05, 0.1) is 6.61 Å². The SMILES string of the molecule is CCC/C=C\C/C=C\CCCCCCCC(=O)OCC. The minimum atomic E-state index is -0.0495. The zero-order valence-corrected chi connectivity index (χ0v) is 13.4. The molecule has 2 nitrogen and oxygen atoms in total. The first-order chi connectivity index (χ1) is 9.81. The van der Waals surface area contributed by atoms with Gasteiger partial charge in [0.1, 0.15) is 0 Å². The van der Waals surface area contributed by atoms with Crippen molar-refractivity contribution >= 4 is 5.97 Å². The summed E-state index contributed by atoms with van der Waals surface area (Å²) in [6, 6.07) is 0. The summed E-state index contributed by atoms with van der Waals surface area (Å²) in [4.78, 5) is 11.1. The van der Waals surface area contributed by atoms with Gasteiger partial charge in [-0.05, 0) is 39.0 Å². The summed E-state index contributed by atoms with van der Waals surface area (Å²) in [6.07, 6.45) is 20.2. The van der Waals surface area contributed by atoms with E-state index in [9.17, 15) is 4.79 Å². The molecule has 0 aromatic rings. The Hall–Kier alpha value is -1.05. The quantitative estimate of drug-likeness (QED) is 0.250. The second kappa shape index (κ2) is 16.0. The van der Waals surface area contributed by atoms with Crippen molar-refractivity contribution in [2.45, 2.75) is 78.1 Å². The molecule has 0 saturated carbocycles. The van der Waals surface area contributed by atoms with Gasteiger partial charge in [-0.3, -0.25) is 4.79 Å². The van der Waals surface area contributed by atoms with Crippen molar-refractivity contribution in [3.63, 3.8) is 0 Å². The Morgan fingerprint density at radius 3 is 2.20 bits per heavy atom. The fraction of sp³-hybridized carbons (Fsp3) is 0.722. The highest BCUT2D eigenvalue weighted by molar-refractivity contribution is 5.69. The first-order valence-electron chi connectivity index (χ1n) is 8.26. The molecule has 0 N–H and O–H groups in total. The highest BCUT2D eigenvalue weighted by atomic mass is 16.5. The van der Waals surface area contributed by atoms with E-state index in [1.54, 1.807) is 0 Å². The minimum absolute atomic E-state index is 0.0495. The fourth-order valence-electron chi connectivity index (χ4n) is 1.97. The van der Waals surface area contributed by atoms with Crippen molar-refractivity contribution < 1.29 is 9.53 Å². The molecule has 0 spiro atoms. The van der Waals surface area contributed by atoms with Crippen LogP contribution in [0, 0.1) is 0 Å². The summed E-state index contributed by atoms with van der Waals surface area (Å²) in [6.45, 7) is 4.55.